The number of hydrogen-bond acceptors (Lipinski definition) is 2. The lowest BCUT2D eigenvalue weighted by Gasteiger charge is -2.24. The van der Waals surface area contributed by atoms with Gasteiger partial charge in [-0.25, -0.2) is 0 Å². The number of aliphatic hydroxyl groups is 1. The van der Waals surface area contributed by atoms with Gasteiger partial charge in [-0.1, -0.05) is 29.3 Å². The maximum absolute atomic E-state index is 10.3. The molecule has 0 fully saturated rings. The van der Waals surface area contributed by atoms with Crippen LogP contribution in [0.2, 0.25) is 0 Å². The Labute approximate surface area is 92.3 Å². The van der Waals surface area contributed by atoms with E-state index < -0.39 is 5.60 Å². The Bertz CT molecular complexity index is 311. The topological polar surface area (TPSA) is 32.3 Å². The van der Waals surface area contributed by atoms with Crippen molar-refractivity contribution in [3.8, 4) is 0 Å². The molecule has 2 nitrogen and oxygen atoms in total. The van der Waals surface area contributed by atoms with Crippen LogP contribution in [0.5, 0.6) is 0 Å². The fraction of sp³-hybridized carbons (Fsp3) is 0.538. The summed E-state index contributed by atoms with van der Waals surface area (Å²) in [6, 6.07) is 6.24. The van der Waals surface area contributed by atoms with Crippen molar-refractivity contribution in [2.45, 2.75) is 32.8 Å². The minimum atomic E-state index is -0.736. The van der Waals surface area contributed by atoms with E-state index in [0.29, 0.717) is 0 Å². The molecule has 1 aromatic rings. The van der Waals surface area contributed by atoms with Crippen LogP contribution in [0.15, 0.2) is 18.2 Å². The van der Waals surface area contributed by atoms with Crippen molar-refractivity contribution in [1.82, 2.24) is 5.32 Å². The molecule has 1 unspecified atom stereocenters. The minimum Gasteiger partial charge on any atom is -0.385 e. The third kappa shape index (κ3) is 3.33. The van der Waals surface area contributed by atoms with Crippen LogP contribution in [0.25, 0.3) is 0 Å². The lowest BCUT2D eigenvalue weighted by atomic mass is 9.90. The van der Waals surface area contributed by atoms with Gasteiger partial charge in [0.2, 0.25) is 0 Å². The van der Waals surface area contributed by atoms with Crippen LogP contribution in [0, 0.1) is 13.8 Å². The quantitative estimate of drug-likeness (QED) is 0.792. The van der Waals surface area contributed by atoms with Crippen molar-refractivity contribution in [1.29, 1.82) is 0 Å². The first-order chi connectivity index (χ1) is 6.95. The summed E-state index contributed by atoms with van der Waals surface area (Å²) in [7, 11) is 1.90. The lowest BCUT2D eigenvalue weighted by Crippen LogP contribution is -2.26. The summed E-state index contributed by atoms with van der Waals surface area (Å²) in [6.07, 6.45) is 0.729. The number of benzene rings is 1. The summed E-state index contributed by atoms with van der Waals surface area (Å²) in [6.45, 7) is 6.81. The molecule has 0 aromatic heterocycles. The highest BCUT2D eigenvalue weighted by Crippen LogP contribution is 2.25. The Kier molecular flexibility index (Phi) is 3.89. The van der Waals surface area contributed by atoms with E-state index in [0.717, 1.165) is 18.5 Å². The highest BCUT2D eigenvalue weighted by molar-refractivity contribution is 5.32. The minimum absolute atomic E-state index is 0.729. The van der Waals surface area contributed by atoms with Gasteiger partial charge in [0.1, 0.15) is 0 Å². The first-order valence-corrected chi connectivity index (χ1v) is 5.41. The van der Waals surface area contributed by atoms with Crippen LogP contribution < -0.4 is 5.32 Å². The number of rotatable bonds is 4. The van der Waals surface area contributed by atoms with Crippen molar-refractivity contribution >= 4 is 0 Å². The molecule has 15 heavy (non-hydrogen) atoms. The molecule has 2 heteroatoms. The predicted octanol–water partition coefficient (Wildman–Crippen LogP) is 2.12. The molecular formula is C13H21NO. The second kappa shape index (κ2) is 4.77. The Morgan fingerprint density at radius 1 is 1.20 bits per heavy atom. The van der Waals surface area contributed by atoms with Crippen LogP contribution in [0.3, 0.4) is 0 Å². The van der Waals surface area contributed by atoms with Crippen LogP contribution in [-0.4, -0.2) is 18.7 Å². The monoisotopic (exact) mass is 207 g/mol. The van der Waals surface area contributed by atoms with E-state index in [2.05, 4.69) is 37.4 Å². The highest BCUT2D eigenvalue weighted by Gasteiger charge is 2.22. The molecule has 84 valence electrons. The van der Waals surface area contributed by atoms with Crippen molar-refractivity contribution in [3.63, 3.8) is 0 Å². The van der Waals surface area contributed by atoms with Crippen LogP contribution >= 0.6 is 0 Å². The highest BCUT2D eigenvalue weighted by atomic mass is 16.3. The van der Waals surface area contributed by atoms with Gasteiger partial charge < -0.3 is 10.4 Å². The van der Waals surface area contributed by atoms with E-state index >= 15 is 0 Å². The summed E-state index contributed by atoms with van der Waals surface area (Å²) >= 11 is 0. The third-order valence-corrected chi connectivity index (χ3v) is 2.71. The molecular weight excluding hydrogens is 186 g/mol. The number of aryl methyl sites for hydroxylation is 2. The molecule has 0 spiro atoms. The van der Waals surface area contributed by atoms with Crippen molar-refractivity contribution in [2.75, 3.05) is 13.6 Å². The van der Waals surface area contributed by atoms with Gasteiger partial charge in [-0.15, -0.1) is 0 Å². The summed E-state index contributed by atoms with van der Waals surface area (Å²) in [5, 5.41) is 13.4. The molecule has 0 amide bonds. The molecule has 1 atom stereocenters. The zero-order chi connectivity index (χ0) is 11.5. The molecule has 1 rings (SSSR count). The normalized spacial score (nSPS) is 15.0. The predicted molar refractivity (Wildman–Crippen MR) is 64.0 cm³/mol. The van der Waals surface area contributed by atoms with E-state index in [1.54, 1.807) is 0 Å². The van der Waals surface area contributed by atoms with Gasteiger partial charge in [-0.3, -0.25) is 0 Å². The zero-order valence-corrected chi connectivity index (χ0v) is 10.1. The van der Waals surface area contributed by atoms with Gasteiger partial charge in [0, 0.05) is 0 Å². The summed E-state index contributed by atoms with van der Waals surface area (Å²) < 4.78 is 0. The Hall–Kier alpha value is -0.860. The Balaban J connectivity index is 2.93. The molecule has 1 aromatic carbocycles. The number of nitrogens with one attached hydrogen (secondary N) is 1. The average molecular weight is 207 g/mol. The van der Waals surface area contributed by atoms with Crippen LogP contribution in [0.4, 0.5) is 0 Å². The largest absolute Gasteiger partial charge is 0.385 e. The Morgan fingerprint density at radius 3 is 2.20 bits per heavy atom. The average Bonchev–Trinajstić information content (AvgIpc) is 2.13. The second-order valence-electron chi connectivity index (χ2n) is 4.50. The maximum atomic E-state index is 10.3. The summed E-state index contributed by atoms with van der Waals surface area (Å²) in [4.78, 5) is 0. The van der Waals surface area contributed by atoms with Crippen LogP contribution in [-0.2, 0) is 5.60 Å². The van der Waals surface area contributed by atoms with Crippen molar-refractivity contribution < 1.29 is 5.11 Å². The molecule has 0 radical (unpaired) electrons. The van der Waals surface area contributed by atoms with Gasteiger partial charge in [-0.2, -0.15) is 0 Å². The Morgan fingerprint density at radius 2 is 1.73 bits per heavy atom. The van der Waals surface area contributed by atoms with Gasteiger partial charge in [-0.05, 0) is 46.3 Å². The fourth-order valence-electron chi connectivity index (χ4n) is 1.80. The summed E-state index contributed by atoms with van der Waals surface area (Å²) in [5.74, 6) is 0. The molecule has 0 aliphatic rings. The van der Waals surface area contributed by atoms with Gasteiger partial charge in [0.15, 0.2) is 0 Å². The molecule has 0 aliphatic carbocycles. The van der Waals surface area contributed by atoms with E-state index in [1.807, 2.05) is 14.0 Å². The second-order valence-corrected chi connectivity index (χ2v) is 4.50. The van der Waals surface area contributed by atoms with Crippen molar-refractivity contribution in [3.05, 3.63) is 34.9 Å². The van der Waals surface area contributed by atoms with Crippen LogP contribution in [0.1, 0.15) is 30.0 Å². The zero-order valence-electron chi connectivity index (χ0n) is 10.1. The smallest absolute Gasteiger partial charge is 0.0880 e. The molecule has 0 aliphatic heterocycles. The van der Waals surface area contributed by atoms with Gasteiger partial charge in [0.25, 0.3) is 0 Å². The first kappa shape index (κ1) is 12.2. The molecule has 0 saturated carbocycles. The summed E-state index contributed by atoms with van der Waals surface area (Å²) in [5.41, 5.74) is 2.68. The van der Waals surface area contributed by atoms with Gasteiger partial charge >= 0.3 is 0 Å². The molecule has 0 heterocycles. The van der Waals surface area contributed by atoms with E-state index in [4.69, 9.17) is 0 Å². The molecule has 0 bridgehead atoms. The lowest BCUT2D eigenvalue weighted by molar-refractivity contribution is 0.0484. The SMILES string of the molecule is CNCCC(C)(O)c1cc(C)cc(C)c1. The number of hydrogen-bond donors (Lipinski definition) is 2. The van der Waals surface area contributed by atoms with Gasteiger partial charge in [0.05, 0.1) is 5.60 Å². The molecule has 2 N–H and O–H groups in total. The standard InChI is InChI=1S/C13H21NO/c1-10-7-11(2)9-12(8-10)13(3,15)5-6-14-4/h7-9,14-15H,5-6H2,1-4H3. The molecule has 0 saturated heterocycles. The fourth-order valence-corrected chi connectivity index (χ4v) is 1.80. The van der Waals surface area contributed by atoms with E-state index in [1.165, 1.54) is 11.1 Å². The maximum Gasteiger partial charge on any atom is 0.0880 e. The van der Waals surface area contributed by atoms with E-state index in [9.17, 15) is 5.11 Å². The third-order valence-electron chi connectivity index (χ3n) is 2.71. The first-order valence-electron chi connectivity index (χ1n) is 5.41. The van der Waals surface area contributed by atoms with E-state index in [-0.39, 0.29) is 0 Å². The van der Waals surface area contributed by atoms with Crippen molar-refractivity contribution in [2.24, 2.45) is 0 Å².